The van der Waals surface area contributed by atoms with Gasteiger partial charge in [-0.05, 0) is 36.8 Å². The fourth-order valence-corrected chi connectivity index (χ4v) is 2.64. The summed E-state index contributed by atoms with van der Waals surface area (Å²) in [5.74, 6) is -0.909. The normalized spacial score (nSPS) is 13.1. The smallest absolute Gasteiger partial charge is 0.343 e. The summed E-state index contributed by atoms with van der Waals surface area (Å²) in [4.78, 5) is 38.2. The van der Waals surface area contributed by atoms with Crippen LogP contribution in [0.3, 0.4) is 0 Å². The number of para-hydroxylation sites is 1. The predicted octanol–water partition coefficient (Wildman–Crippen LogP) is 2.54. The zero-order chi connectivity index (χ0) is 17.8. The summed E-state index contributed by atoms with van der Waals surface area (Å²) in [6, 6.07) is 13.1. The number of fused-ring (bicyclic) bond motifs is 1. The molecule has 25 heavy (non-hydrogen) atoms. The number of amides is 2. The highest BCUT2D eigenvalue weighted by Crippen LogP contribution is 2.25. The van der Waals surface area contributed by atoms with Crippen molar-refractivity contribution in [2.45, 2.75) is 6.42 Å². The first kappa shape index (κ1) is 16.9. The molecule has 0 saturated heterocycles. The minimum atomic E-state index is -0.577. The third-order valence-electron chi connectivity index (χ3n) is 3.89. The second kappa shape index (κ2) is 7.27. The van der Waals surface area contributed by atoms with Crippen molar-refractivity contribution in [2.24, 2.45) is 0 Å². The number of methoxy groups -OCH3 is 1. The van der Waals surface area contributed by atoms with Crippen molar-refractivity contribution in [1.82, 2.24) is 4.90 Å². The zero-order valence-corrected chi connectivity index (χ0v) is 13.7. The summed E-state index contributed by atoms with van der Waals surface area (Å²) < 4.78 is 10.2. The van der Waals surface area contributed by atoms with Crippen LogP contribution in [-0.4, -0.2) is 42.9 Å². The van der Waals surface area contributed by atoms with Gasteiger partial charge in [-0.2, -0.15) is 0 Å². The molecule has 2 aromatic carbocycles. The van der Waals surface area contributed by atoms with Gasteiger partial charge in [-0.15, -0.1) is 0 Å². The minimum Gasteiger partial charge on any atom is -0.423 e. The highest BCUT2D eigenvalue weighted by atomic mass is 16.5. The molecule has 0 N–H and O–H groups in total. The molecule has 2 aromatic rings. The molecule has 6 nitrogen and oxygen atoms in total. The maximum atomic E-state index is 12.4. The van der Waals surface area contributed by atoms with E-state index in [1.165, 1.54) is 23.1 Å². The number of benzene rings is 2. The Kier molecular flexibility index (Phi) is 4.90. The number of nitrogens with zero attached hydrogens (tertiary/aromatic N) is 1. The Bertz CT molecular complexity index is 816. The molecule has 0 radical (unpaired) electrons. The van der Waals surface area contributed by atoms with Gasteiger partial charge in [-0.1, -0.05) is 18.2 Å². The van der Waals surface area contributed by atoms with Crippen LogP contribution in [0.4, 0.5) is 0 Å². The van der Waals surface area contributed by atoms with Crippen LogP contribution >= 0.6 is 0 Å². The van der Waals surface area contributed by atoms with E-state index in [1.54, 1.807) is 31.4 Å². The van der Waals surface area contributed by atoms with Crippen molar-refractivity contribution in [3.05, 3.63) is 65.2 Å². The number of carbonyl (C=O) groups is 3. The van der Waals surface area contributed by atoms with E-state index >= 15 is 0 Å². The van der Waals surface area contributed by atoms with Gasteiger partial charge in [0.1, 0.15) is 5.75 Å². The van der Waals surface area contributed by atoms with Crippen molar-refractivity contribution in [3.8, 4) is 5.75 Å². The van der Waals surface area contributed by atoms with Crippen LogP contribution in [0.15, 0.2) is 48.5 Å². The standard InChI is InChI=1S/C19H17NO5/c1-24-11-5-10-20-17(21)15-9-8-13(12-16(15)18(20)22)19(23)25-14-6-3-2-4-7-14/h2-4,6-9,12H,5,10-11H2,1H3. The maximum Gasteiger partial charge on any atom is 0.343 e. The van der Waals surface area contributed by atoms with Gasteiger partial charge in [0.25, 0.3) is 11.8 Å². The Morgan fingerprint density at radius 3 is 2.44 bits per heavy atom. The Hall–Kier alpha value is -2.99. The lowest BCUT2D eigenvalue weighted by molar-refractivity contribution is 0.0638. The Labute approximate surface area is 145 Å². The molecule has 0 aliphatic carbocycles. The molecule has 1 aliphatic heterocycles. The number of ether oxygens (including phenoxy) is 2. The van der Waals surface area contributed by atoms with E-state index in [-0.39, 0.29) is 23.6 Å². The van der Waals surface area contributed by atoms with E-state index in [2.05, 4.69) is 0 Å². The van der Waals surface area contributed by atoms with Gasteiger partial charge in [-0.3, -0.25) is 14.5 Å². The summed E-state index contributed by atoms with van der Waals surface area (Å²) in [5.41, 5.74) is 0.756. The fourth-order valence-electron chi connectivity index (χ4n) is 2.64. The average Bonchev–Trinajstić information content (AvgIpc) is 2.87. The molecule has 0 saturated carbocycles. The van der Waals surface area contributed by atoms with Crippen LogP contribution in [0.25, 0.3) is 0 Å². The number of hydrogen-bond donors (Lipinski definition) is 0. The molecule has 1 heterocycles. The first-order valence-electron chi connectivity index (χ1n) is 7.88. The average molecular weight is 339 g/mol. The van der Waals surface area contributed by atoms with Gasteiger partial charge in [-0.25, -0.2) is 4.79 Å². The second-order valence-corrected chi connectivity index (χ2v) is 5.57. The second-order valence-electron chi connectivity index (χ2n) is 5.57. The SMILES string of the molecule is COCCCN1C(=O)c2ccc(C(=O)Oc3ccccc3)cc2C1=O. The van der Waals surface area contributed by atoms with E-state index in [0.717, 1.165) is 0 Å². The van der Waals surface area contributed by atoms with Crippen LogP contribution in [0.2, 0.25) is 0 Å². The van der Waals surface area contributed by atoms with Crippen LogP contribution in [0.1, 0.15) is 37.5 Å². The molecule has 0 unspecified atom stereocenters. The maximum absolute atomic E-state index is 12.4. The minimum absolute atomic E-state index is 0.225. The predicted molar refractivity (Wildman–Crippen MR) is 89.7 cm³/mol. The molecule has 2 amide bonds. The largest absolute Gasteiger partial charge is 0.423 e. The first-order valence-corrected chi connectivity index (χ1v) is 7.88. The summed E-state index contributed by atoms with van der Waals surface area (Å²) in [6.07, 6.45) is 0.560. The van der Waals surface area contributed by atoms with Crippen LogP contribution in [0.5, 0.6) is 5.75 Å². The van der Waals surface area contributed by atoms with Gasteiger partial charge >= 0.3 is 5.97 Å². The molecule has 0 atom stereocenters. The lowest BCUT2D eigenvalue weighted by Gasteiger charge is -2.12. The van der Waals surface area contributed by atoms with E-state index in [4.69, 9.17) is 9.47 Å². The lowest BCUT2D eigenvalue weighted by Crippen LogP contribution is -2.31. The van der Waals surface area contributed by atoms with Crippen molar-refractivity contribution in [1.29, 1.82) is 0 Å². The molecule has 1 aliphatic rings. The van der Waals surface area contributed by atoms with Gasteiger partial charge in [0.2, 0.25) is 0 Å². The van der Waals surface area contributed by atoms with Crippen molar-refractivity contribution < 1.29 is 23.9 Å². The third kappa shape index (κ3) is 3.44. The molecule has 0 aromatic heterocycles. The molecular weight excluding hydrogens is 322 g/mol. The quantitative estimate of drug-likeness (QED) is 0.350. The van der Waals surface area contributed by atoms with Crippen molar-refractivity contribution in [2.75, 3.05) is 20.3 Å². The van der Waals surface area contributed by atoms with Gasteiger partial charge < -0.3 is 9.47 Å². The number of hydrogen-bond acceptors (Lipinski definition) is 5. The van der Waals surface area contributed by atoms with Crippen LogP contribution in [-0.2, 0) is 4.74 Å². The fraction of sp³-hybridized carbons (Fsp3) is 0.211. The lowest BCUT2D eigenvalue weighted by atomic mass is 10.1. The van der Waals surface area contributed by atoms with E-state index in [0.29, 0.717) is 24.3 Å². The Morgan fingerprint density at radius 2 is 1.72 bits per heavy atom. The number of carbonyl (C=O) groups excluding carboxylic acids is 3. The highest BCUT2D eigenvalue weighted by Gasteiger charge is 2.35. The van der Waals surface area contributed by atoms with Crippen LogP contribution in [0, 0.1) is 0 Å². The Balaban J connectivity index is 1.78. The van der Waals surface area contributed by atoms with E-state index in [9.17, 15) is 14.4 Å². The zero-order valence-electron chi connectivity index (χ0n) is 13.7. The van der Waals surface area contributed by atoms with E-state index in [1.807, 2.05) is 6.07 Å². The molecular formula is C19H17NO5. The first-order chi connectivity index (χ1) is 12.1. The topological polar surface area (TPSA) is 72.9 Å². The highest BCUT2D eigenvalue weighted by molar-refractivity contribution is 6.22. The summed E-state index contributed by atoms with van der Waals surface area (Å²) in [7, 11) is 1.56. The molecule has 6 heteroatoms. The number of esters is 1. The summed E-state index contributed by atoms with van der Waals surface area (Å²) in [6.45, 7) is 0.742. The third-order valence-corrected chi connectivity index (χ3v) is 3.89. The molecule has 0 fully saturated rings. The van der Waals surface area contributed by atoms with E-state index < -0.39 is 11.9 Å². The van der Waals surface area contributed by atoms with Crippen molar-refractivity contribution in [3.63, 3.8) is 0 Å². The van der Waals surface area contributed by atoms with Gasteiger partial charge in [0, 0.05) is 20.3 Å². The monoisotopic (exact) mass is 339 g/mol. The van der Waals surface area contributed by atoms with Crippen molar-refractivity contribution >= 4 is 17.8 Å². The van der Waals surface area contributed by atoms with Gasteiger partial charge in [0.15, 0.2) is 0 Å². The molecule has 0 spiro atoms. The summed E-state index contributed by atoms with van der Waals surface area (Å²) in [5, 5.41) is 0. The number of rotatable bonds is 6. The van der Waals surface area contributed by atoms with Crippen LogP contribution < -0.4 is 4.74 Å². The Morgan fingerprint density at radius 1 is 1.00 bits per heavy atom. The molecule has 0 bridgehead atoms. The molecule has 128 valence electrons. The number of imide groups is 1. The summed E-state index contributed by atoms with van der Waals surface area (Å²) >= 11 is 0. The van der Waals surface area contributed by atoms with Gasteiger partial charge in [0.05, 0.1) is 16.7 Å². The molecule has 3 rings (SSSR count).